The lowest BCUT2D eigenvalue weighted by Crippen LogP contribution is -2.19. The minimum absolute atomic E-state index is 0.313. The molecule has 1 aromatic rings. The molecule has 1 aliphatic heterocycles. The number of hydrogen-bond donors (Lipinski definition) is 1. The average molecular weight is 316 g/mol. The second kappa shape index (κ2) is 8.25. The minimum atomic E-state index is 0.313. The van der Waals surface area contributed by atoms with E-state index in [1.807, 2.05) is 17.8 Å². The number of rotatable bonds is 7. The van der Waals surface area contributed by atoms with Gasteiger partial charge in [-0.2, -0.15) is 0 Å². The van der Waals surface area contributed by atoms with Gasteiger partial charge in [0.05, 0.1) is 12.7 Å². The molecule has 0 radical (unpaired) electrons. The van der Waals surface area contributed by atoms with Crippen molar-refractivity contribution < 1.29 is 9.47 Å². The van der Waals surface area contributed by atoms with Crippen LogP contribution in [0.5, 0.6) is 0 Å². The first-order valence-electron chi connectivity index (χ1n) is 6.97. The van der Waals surface area contributed by atoms with Crippen LogP contribution in [0, 0.1) is 0 Å². The third kappa shape index (κ3) is 4.64. The second-order valence-corrected chi connectivity index (χ2v) is 6.66. The van der Waals surface area contributed by atoms with Gasteiger partial charge >= 0.3 is 0 Å². The highest BCUT2D eigenvalue weighted by Gasteiger charge is 2.25. The molecular weight excluding hydrogens is 294 g/mol. The quantitative estimate of drug-likeness (QED) is 0.782. The van der Waals surface area contributed by atoms with Crippen molar-refractivity contribution in [1.82, 2.24) is 5.32 Å². The topological polar surface area (TPSA) is 30.5 Å². The van der Waals surface area contributed by atoms with E-state index in [0.717, 1.165) is 37.7 Å². The molecule has 3 nitrogen and oxygen atoms in total. The third-order valence-electron chi connectivity index (χ3n) is 3.41. The molecule has 0 aliphatic carbocycles. The van der Waals surface area contributed by atoms with E-state index in [1.165, 1.54) is 10.5 Å². The zero-order valence-corrected chi connectivity index (χ0v) is 13.6. The van der Waals surface area contributed by atoms with Crippen LogP contribution < -0.4 is 5.32 Å². The highest BCUT2D eigenvalue weighted by molar-refractivity contribution is 8.00. The predicted molar refractivity (Wildman–Crippen MR) is 84.7 cm³/mol. The Kier molecular flexibility index (Phi) is 6.65. The van der Waals surface area contributed by atoms with Gasteiger partial charge in [-0.05, 0) is 31.0 Å². The molecule has 0 spiro atoms. The van der Waals surface area contributed by atoms with Crippen LogP contribution in [-0.4, -0.2) is 38.2 Å². The Hall–Kier alpha value is -0.260. The van der Waals surface area contributed by atoms with Gasteiger partial charge in [0.2, 0.25) is 0 Å². The molecule has 0 bridgehead atoms. The van der Waals surface area contributed by atoms with E-state index in [1.54, 1.807) is 7.11 Å². The van der Waals surface area contributed by atoms with Crippen molar-refractivity contribution in [2.75, 3.05) is 26.9 Å². The van der Waals surface area contributed by atoms with Crippen LogP contribution in [0.4, 0.5) is 0 Å². The van der Waals surface area contributed by atoms with E-state index in [4.69, 9.17) is 21.1 Å². The smallest absolute Gasteiger partial charge is 0.0669 e. The maximum absolute atomic E-state index is 6.14. The number of ether oxygens (including phenoxy) is 2. The summed E-state index contributed by atoms with van der Waals surface area (Å²) in [5.74, 6) is 0. The fourth-order valence-corrected chi connectivity index (χ4v) is 3.75. The molecule has 2 atom stereocenters. The summed E-state index contributed by atoms with van der Waals surface area (Å²) in [6, 6.07) is 6.11. The fraction of sp³-hybridized carbons (Fsp3) is 0.600. The first-order valence-corrected chi connectivity index (χ1v) is 8.23. The molecule has 0 aromatic heterocycles. The van der Waals surface area contributed by atoms with Crippen molar-refractivity contribution >= 4 is 23.4 Å². The van der Waals surface area contributed by atoms with Crippen molar-refractivity contribution in [1.29, 1.82) is 0 Å². The van der Waals surface area contributed by atoms with E-state index in [0.29, 0.717) is 11.4 Å². The van der Waals surface area contributed by atoms with Crippen LogP contribution >= 0.6 is 23.4 Å². The molecule has 2 unspecified atom stereocenters. The highest BCUT2D eigenvalue weighted by Crippen LogP contribution is 2.35. The molecule has 20 heavy (non-hydrogen) atoms. The first-order chi connectivity index (χ1) is 9.70. The number of hydrogen-bond acceptors (Lipinski definition) is 4. The summed E-state index contributed by atoms with van der Waals surface area (Å²) in [4.78, 5) is 1.25. The summed E-state index contributed by atoms with van der Waals surface area (Å²) < 4.78 is 10.7. The maximum Gasteiger partial charge on any atom is 0.0669 e. The molecule has 112 valence electrons. The summed E-state index contributed by atoms with van der Waals surface area (Å²) in [5.41, 5.74) is 1.29. The molecular formula is C15H22ClNO2S. The summed E-state index contributed by atoms with van der Waals surface area (Å²) >= 11 is 8.02. The summed E-state index contributed by atoms with van der Waals surface area (Å²) in [7, 11) is 1.72. The van der Waals surface area contributed by atoms with E-state index in [2.05, 4.69) is 24.4 Å². The van der Waals surface area contributed by atoms with E-state index in [-0.39, 0.29) is 0 Å². The molecule has 1 saturated heterocycles. The summed E-state index contributed by atoms with van der Waals surface area (Å²) in [5, 5.41) is 4.70. The number of methoxy groups -OCH3 is 1. The standard InChI is InChI=1S/C15H22ClNO2S/c1-11-14(5-7-19-11)20-15-9-13(16)4-3-12(15)10-17-6-8-18-2/h3-4,9,11,14,17H,5-8,10H2,1-2H3. The largest absolute Gasteiger partial charge is 0.383 e. The Morgan fingerprint density at radius 2 is 2.35 bits per heavy atom. The van der Waals surface area contributed by atoms with Crippen LogP contribution in [0.3, 0.4) is 0 Å². The number of benzene rings is 1. The zero-order chi connectivity index (χ0) is 14.4. The Labute approximate surface area is 130 Å². The molecule has 1 aliphatic rings. The third-order valence-corrected chi connectivity index (χ3v) is 5.20. The van der Waals surface area contributed by atoms with Gasteiger partial charge in [-0.1, -0.05) is 17.7 Å². The molecule has 0 saturated carbocycles. The van der Waals surface area contributed by atoms with E-state index >= 15 is 0 Å². The first kappa shape index (κ1) is 16.1. The molecule has 1 N–H and O–H groups in total. The summed E-state index contributed by atoms with van der Waals surface area (Å²) in [6.07, 6.45) is 1.42. The number of nitrogens with one attached hydrogen (secondary N) is 1. The minimum Gasteiger partial charge on any atom is -0.383 e. The molecule has 1 aromatic carbocycles. The van der Waals surface area contributed by atoms with Gasteiger partial charge in [0.25, 0.3) is 0 Å². The number of thioether (sulfide) groups is 1. The second-order valence-electron chi connectivity index (χ2n) is 4.94. The van der Waals surface area contributed by atoms with Crippen molar-refractivity contribution in [2.45, 2.75) is 36.1 Å². The monoisotopic (exact) mass is 315 g/mol. The Balaban J connectivity index is 1.99. The lowest BCUT2D eigenvalue weighted by atomic mass is 10.2. The van der Waals surface area contributed by atoms with Crippen LogP contribution in [0.15, 0.2) is 23.1 Å². The van der Waals surface area contributed by atoms with E-state index < -0.39 is 0 Å². The fourth-order valence-electron chi connectivity index (χ4n) is 2.21. The van der Waals surface area contributed by atoms with Gasteiger partial charge in [0, 0.05) is 42.0 Å². The molecule has 2 rings (SSSR count). The van der Waals surface area contributed by atoms with Crippen molar-refractivity contribution in [2.24, 2.45) is 0 Å². The van der Waals surface area contributed by atoms with Gasteiger partial charge < -0.3 is 14.8 Å². The number of halogens is 1. The Bertz CT molecular complexity index is 430. The van der Waals surface area contributed by atoms with Gasteiger partial charge in [-0.3, -0.25) is 0 Å². The SMILES string of the molecule is COCCNCc1ccc(Cl)cc1SC1CCOC1C. The predicted octanol–water partition coefficient (Wildman–Crippen LogP) is 3.35. The Morgan fingerprint density at radius 3 is 3.05 bits per heavy atom. The lowest BCUT2D eigenvalue weighted by Gasteiger charge is -2.17. The van der Waals surface area contributed by atoms with Crippen LogP contribution in [0.1, 0.15) is 18.9 Å². The highest BCUT2D eigenvalue weighted by atomic mass is 35.5. The van der Waals surface area contributed by atoms with E-state index in [9.17, 15) is 0 Å². The normalized spacial score (nSPS) is 22.4. The van der Waals surface area contributed by atoms with Gasteiger partial charge in [-0.25, -0.2) is 0 Å². The van der Waals surface area contributed by atoms with Gasteiger partial charge in [-0.15, -0.1) is 11.8 Å². The maximum atomic E-state index is 6.14. The van der Waals surface area contributed by atoms with Crippen LogP contribution in [0.2, 0.25) is 5.02 Å². The molecule has 1 heterocycles. The van der Waals surface area contributed by atoms with Crippen molar-refractivity contribution in [3.05, 3.63) is 28.8 Å². The lowest BCUT2D eigenvalue weighted by molar-refractivity contribution is 0.127. The van der Waals surface area contributed by atoms with Crippen molar-refractivity contribution in [3.8, 4) is 0 Å². The Morgan fingerprint density at radius 1 is 1.50 bits per heavy atom. The van der Waals surface area contributed by atoms with Gasteiger partial charge in [0.15, 0.2) is 0 Å². The summed E-state index contributed by atoms with van der Waals surface area (Å²) in [6.45, 7) is 5.42. The molecule has 5 heteroatoms. The molecule has 0 amide bonds. The molecule has 1 fully saturated rings. The van der Waals surface area contributed by atoms with Crippen LogP contribution in [-0.2, 0) is 16.0 Å². The average Bonchev–Trinajstić information content (AvgIpc) is 2.82. The van der Waals surface area contributed by atoms with Crippen molar-refractivity contribution in [3.63, 3.8) is 0 Å². The van der Waals surface area contributed by atoms with Crippen LogP contribution in [0.25, 0.3) is 0 Å². The van der Waals surface area contributed by atoms with Gasteiger partial charge in [0.1, 0.15) is 0 Å². The zero-order valence-electron chi connectivity index (χ0n) is 12.0.